The van der Waals surface area contributed by atoms with E-state index in [9.17, 15) is 17.6 Å². The second-order valence-electron chi connectivity index (χ2n) is 8.25. The molecule has 1 N–H and O–H groups in total. The fourth-order valence-electron chi connectivity index (χ4n) is 4.01. The molecule has 1 aliphatic carbocycles. The molecule has 2 heterocycles. The number of nitrogens with zero attached hydrogens (tertiary/aromatic N) is 2. The maximum Gasteiger partial charge on any atom is 0.417 e. The lowest BCUT2D eigenvalue weighted by atomic mass is 9.91. The minimum Gasteiger partial charge on any atom is -0.379 e. The molecule has 1 saturated heterocycles. The summed E-state index contributed by atoms with van der Waals surface area (Å²) in [4.78, 5) is 6.23. The van der Waals surface area contributed by atoms with Gasteiger partial charge in [0.1, 0.15) is 6.17 Å². The zero-order valence-corrected chi connectivity index (χ0v) is 16.9. The number of likely N-dealkylation sites (tertiary alicyclic amines) is 1. The molecule has 0 unspecified atom stereocenters. The highest BCUT2D eigenvalue weighted by Gasteiger charge is 2.35. The molecule has 2 aliphatic rings. The van der Waals surface area contributed by atoms with E-state index in [0.717, 1.165) is 25.8 Å². The van der Waals surface area contributed by atoms with E-state index in [1.165, 1.54) is 5.57 Å². The number of fused-ring (bicyclic) bond motifs is 1. The summed E-state index contributed by atoms with van der Waals surface area (Å²) in [5, 5.41) is 4.21. The van der Waals surface area contributed by atoms with Crippen LogP contribution in [-0.4, -0.2) is 48.4 Å². The van der Waals surface area contributed by atoms with Crippen LogP contribution in [0.5, 0.6) is 0 Å². The summed E-state index contributed by atoms with van der Waals surface area (Å²) in [5.74, 6) is 0. The molecule has 2 aromatic rings. The van der Waals surface area contributed by atoms with Gasteiger partial charge in [-0.15, -0.1) is 0 Å². The molecule has 2 fully saturated rings. The maximum absolute atomic E-state index is 14.6. The van der Waals surface area contributed by atoms with Crippen LogP contribution in [-0.2, 0) is 0 Å². The Balaban J connectivity index is 1.79. The van der Waals surface area contributed by atoms with Crippen molar-refractivity contribution >= 4 is 28.1 Å². The Morgan fingerprint density at radius 3 is 2.67 bits per heavy atom. The highest BCUT2D eigenvalue weighted by Crippen LogP contribution is 2.38. The third-order valence-electron chi connectivity index (χ3n) is 5.96. The molecule has 4 rings (SSSR count). The van der Waals surface area contributed by atoms with Crippen molar-refractivity contribution in [3.05, 3.63) is 47.8 Å². The van der Waals surface area contributed by atoms with Gasteiger partial charge in [0.2, 0.25) is 0 Å². The lowest BCUT2D eigenvalue weighted by Gasteiger charge is -2.33. The van der Waals surface area contributed by atoms with Gasteiger partial charge in [-0.25, -0.2) is 9.37 Å². The quantitative estimate of drug-likeness (QED) is 0.632. The molecule has 0 radical (unpaired) electrons. The SMILES string of the molecule is C=C(c1nc(C=C2CCC2)cc2c(N[C@@H]3CCN(C)C[C@@H]3F)cccc12)C(F)(F)F. The predicted octanol–water partition coefficient (Wildman–Crippen LogP) is 5.83. The molecule has 1 aromatic carbocycles. The smallest absolute Gasteiger partial charge is 0.379 e. The van der Waals surface area contributed by atoms with Crippen LogP contribution in [0.2, 0.25) is 0 Å². The van der Waals surface area contributed by atoms with Crippen molar-refractivity contribution in [3.8, 4) is 0 Å². The number of hydrogen-bond acceptors (Lipinski definition) is 3. The average molecular weight is 419 g/mol. The van der Waals surface area contributed by atoms with Crippen LogP contribution in [0.1, 0.15) is 37.1 Å². The molecule has 7 heteroatoms. The van der Waals surface area contributed by atoms with E-state index in [4.69, 9.17) is 0 Å². The fraction of sp³-hybridized carbons (Fsp3) is 0.435. The largest absolute Gasteiger partial charge is 0.417 e. The maximum atomic E-state index is 14.6. The van der Waals surface area contributed by atoms with Crippen molar-refractivity contribution in [3.63, 3.8) is 0 Å². The molecule has 0 amide bonds. The van der Waals surface area contributed by atoms with E-state index in [1.54, 1.807) is 24.3 Å². The number of allylic oxidation sites excluding steroid dienone is 2. The van der Waals surface area contributed by atoms with E-state index in [1.807, 2.05) is 18.0 Å². The number of rotatable bonds is 4. The van der Waals surface area contributed by atoms with Gasteiger partial charge in [0.25, 0.3) is 0 Å². The number of anilines is 1. The van der Waals surface area contributed by atoms with Gasteiger partial charge in [-0.05, 0) is 50.9 Å². The summed E-state index contributed by atoms with van der Waals surface area (Å²) in [6, 6.07) is 6.47. The Morgan fingerprint density at radius 1 is 1.27 bits per heavy atom. The van der Waals surface area contributed by atoms with Crippen LogP contribution in [0.15, 0.2) is 36.4 Å². The van der Waals surface area contributed by atoms with E-state index < -0.39 is 17.9 Å². The second kappa shape index (κ2) is 8.02. The first-order valence-electron chi connectivity index (χ1n) is 10.2. The van der Waals surface area contributed by atoms with Gasteiger partial charge in [-0.1, -0.05) is 24.3 Å². The first-order chi connectivity index (χ1) is 14.2. The van der Waals surface area contributed by atoms with Gasteiger partial charge in [-0.3, -0.25) is 0 Å². The predicted molar refractivity (Wildman–Crippen MR) is 113 cm³/mol. The number of nitrogens with one attached hydrogen (secondary N) is 1. The van der Waals surface area contributed by atoms with E-state index in [0.29, 0.717) is 35.1 Å². The zero-order chi connectivity index (χ0) is 21.5. The number of halogens is 4. The van der Waals surface area contributed by atoms with Gasteiger partial charge in [0.15, 0.2) is 0 Å². The Morgan fingerprint density at radius 2 is 2.03 bits per heavy atom. The van der Waals surface area contributed by atoms with Crippen molar-refractivity contribution in [2.75, 3.05) is 25.5 Å². The number of aromatic nitrogens is 1. The average Bonchev–Trinajstić information content (AvgIpc) is 2.65. The minimum absolute atomic E-state index is 0.171. The summed E-state index contributed by atoms with van der Waals surface area (Å²) in [5.41, 5.74) is 1.13. The number of piperidine rings is 1. The lowest BCUT2D eigenvalue weighted by Crippen LogP contribution is -2.46. The Kier molecular flexibility index (Phi) is 5.57. The minimum atomic E-state index is -4.58. The van der Waals surface area contributed by atoms with Gasteiger partial charge in [0, 0.05) is 29.5 Å². The molecule has 1 aliphatic heterocycles. The molecule has 0 spiro atoms. The first kappa shape index (κ1) is 20.8. The monoisotopic (exact) mass is 419 g/mol. The lowest BCUT2D eigenvalue weighted by molar-refractivity contribution is -0.0688. The van der Waals surface area contributed by atoms with E-state index in [-0.39, 0.29) is 11.7 Å². The van der Waals surface area contributed by atoms with Gasteiger partial charge in [0.05, 0.1) is 23.0 Å². The zero-order valence-electron chi connectivity index (χ0n) is 16.9. The van der Waals surface area contributed by atoms with E-state index in [2.05, 4.69) is 16.9 Å². The first-order valence-corrected chi connectivity index (χ1v) is 10.2. The molecule has 3 nitrogen and oxygen atoms in total. The summed E-state index contributed by atoms with van der Waals surface area (Å²) < 4.78 is 55.0. The number of alkyl halides is 4. The van der Waals surface area contributed by atoms with Gasteiger partial charge < -0.3 is 10.2 Å². The highest BCUT2D eigenvalue weighted by atomic mass is 19.4. The fourth-order valence-corrected chi connectivity index (χ4v) is 4.01. The second-order valence-corrected chi connectivity index (χ2v) is 8.25. The molecular weight excluding hydrogens is 394 g/mol. The molecule has 1 aromatic heterocycles. The van der Waals surface area contributed by atoms with Crippen molar-refractivity contribution in [2.24, 2.45) is 0 Å². The van der Waals surface area contributed by atoms with Crippen molar-refractivity contribution < 1.29 is 17.6 Å². The summed E-state index contributed by atoms with van der Waals surface area (Å²) in [6.07, 6.45) is -0.186. The molecule has 2 atom stereocenters. The van der Waals surface area contributed by atoms with E-state index >= 15 is 0 Å². The van der Waals surface area contributed by atoms with Crippen LogP contribution in [0, 0.1) is 0 Å². The van der Waals surface area contributed by atoms with Gasteiger partial charge in [-0.2, -0.15) is 13.2 Å². The third-order valence-corrected chi connectivity index (χ3v) is 5.96. The van der Waals surface area contributed by atoms with Crippen molar-refractivity contribution in [1.29, 1.82) is 0 Å². The molecular formula is C23H25F4N3. The normalized spacial score (nSPS) is 22.6. The van der Waals surface area contributed by atoms with Gasteiger partial charge >= 0.3 is 6.18 Å². The number of pyridine rings is 1. The van der Waals surface area contributed by atoms with Crippen LogP contribution >= 0.6 is 0 Å². The van der Waals surface area contributed by atoms with Crippen LogP contribution in [0.25, 0.3) is 22.4 Å². The summed E-state index contributed by atoms with van der Waals surface area (Å²) in [6.45, 7) is 4.36. The molecule has 0 bridgehead atoms. The number of benzene rings is 1. The molecule has 160 valence electrons. The molecule has 30 heavy (non-hydrogen) atoms. The Bertz CT molecular complexity index is 990. The van der Waals surface area contributed by atoms with Crippen molar-refractivity contribution in [2.45, 2.75) is 44.1 Å². The van der Waals surface area contributed by atoms with Crippen LogP contribution in [0.3, 0.4) is 0 Å². The topological polar surface area (TPSA) is 28.2 Å². The Hall–Kier alpha value is -2.41. The Labute approximate surface area is 173 Å². The summed E-state index contributed by atoms with van der Waals surface area (Å²) in [7, 11) is 1.88. The highest BCUT2D eigenvalue weighted by molar-refractivity contribution is 6.00. The van der Waals surface area contributed by atoms with Crippen LogP contribution in [0.4, 0.5) is 23.2 Å². The molecule has 1 saturated carbocycles. The van der Waals surface area contributed by atoms with Crippen LogP contribution < -0.4 is 5.32 Å². The van der Waals surface area contributed by atoms with Crippen molar-refractivity contribution in [1.82, 2.24) is 9.88 Å². The standard InChI is InChI=1S/C23H25F4N3/c1-14(23(25,26)27)22-17-7-4-8-20(29-21-9-10-30(2)13-19(21)24)18(17)12-16(28-22)11-15-5-3-6-15/h4,7-8,11-12,19,21,29H,1,3,5-6,9-10,13H2,2H3/t19-,21+/m0/s1. The summed E-state index contributed by atoms with van der Waals surface area (Å²) >= 11 is 0. The third kappa shape index (κ3) is 4.21. The number of hydrogen-bond donors (Lipinski definition) is 1.